The molecular weight excluding hydrogens is 270 g/mol. The predicted molar refractivity (Wildman–Crippen MR) is 69.1 cm³/mol. The number of nitrogens with zero attached hydrogens (tertiary/aromatic N) is 1. The van der Waals surface area contributed by atoms with Crippen LogP contribution in [-0.4, -0.2) is 55.6 Å². The molecule has 104 valence electrons. The molecule has 2 rings (SSSR count). The van der Waals surface area contributed by atoms with E-state index in [4.69, 9.17) is 4.74 Å². The van der Waals surface area contributed by atoms with Crippen molar-refractivity contribution in [1.29, 1.82) is 0 Å². The lowest BCUT2D eigenvalue weighted by atomic mass is 10.1. The van der Waals surface area contributed by atoms with Crippen molar-refractivity contribution in [2.75, 3.05) is 5.75 Å². The van der Waals surface area contributed by atoms with Gasteiger partial charge in [-0.05, 0) is 12.1 Å². The quantitative estimate of drug-likeness (QED) is 0.662. The molecule has 1 aromatic heterocycles. The zero-order chi connectivity index (χ0) is 14.0. The van der Waals surface area contributed by atoms with Crippen molar-refractivity contribution >= 4 is 17.5 Å². The summed E-state index contributed by atoms with van der Waals surface area (Å²) in [6, 6.07) is 3.20. The molecule has 7 heteroatoms. The van der Waals surface area contributed by atoms with Gasteiger partial charge in [-0.3, -0.25) is 4.79 Å². The Hall–Kier alpha value is -1.15. The summed E-state index contributed by atoms with van der Waals surface area (Å²) in [5, 5.41) is 28.9. The lowest BCUT2D eigenvalue weighted by molar-refractivity contribution is -0.0787. The number of carbonyl (C=O) groups is 1. The first kappa shape index (κ1) is 14.3. The number of ketones is 1. The van der Waals surface area contributed by atoms with Crippen molar-refractivity contribution in [3.05, 3.63) is 24.0 Å². The minimum absolute atomic E-state index is 0.177. The van der Waals surface area contributed by atoms with Crippen molar-refractivity contribution in [2.45, 2.75) is 30.7 Å². The number of aliphatic hydroxyl groups excluding tert-OH is 3. The molecule has 2 heterocycles. The first-order chi connectivity index (χ1) is 9.00. The van der Waals surface area contributed by atoms with E-state index in [2.05, 4.69) is 4.98 Å². The van der Waals surface area contributed by atoms with Crippen LogP contribution in [0.3, 0.4) is 0 Å². The summed E-state index contributed by atoms with van der Waals surface area (Å²) < 4.78 is 5.54. The highest BCUT2D eigenvalue weighted by Gasteiger charge is 2.38. The van der Waals surface area contributed by atoms with Crippen LogP contribution in [0.2, 0.25) is 0 Å². The Kier molecular flexibility index (Phi) is 4.41. The Morgan fingerprint density at radius 2 is 2.16 bits per heavy atom. The minimum Gasteiger partial charge on any atom is -0.475 e. The topological polar surface area (TPSA) is 99.9 Å². The van der Waals surface area contributed by atoms with E-state index >= 15 is 0 Å². The maximum atomic E-state index is 11.4. The normalized spacial score (nSPS) is 30.9. The summed E-state index contributed by atoms with van der Waals surface area (Å²) >= 11 is 1.18. The zero-order valence-corrected chi connectivity index (χ0v) is 11.1. The SMILES string of the molecule is CC(=O)c1ncccc1O[C@@H]1SC[C@@H](O)[C@H](O)[C@H]1O. The van der Waals surface area contributed by atoms with Gasteiger partial charge < -0.3 is 20.1 Å². The number of Topliss-reactive ketones (excluding diaryl/α,β-unsaturated/α-hetero) is 1. The third-order valence-corrected chi connectivity index (χ3v) is 4.04. The molecule has 6 nitrogen and oxygen atoms in total. The number of hydrogen-bond acceptors (Lipinski definition) is 7. The zero-order valence-electron chi connectivity index (χ0n) is 10.3. The molecule has 0 saturated carbocycles. The number of thioether (sulfide) groups is 1. The van der Waals surface area contributed by atoms with Gasteiger partial charge in [0.2, 0.25) is 0 Å². The summed E-state index contributed by atoms with van der Waals surface area (Å²) in [6.45, 7) is 1.37. The highest BCUT2D eigenvalue weighted by atomic mass is 32.2. The van der Waals surface area contributed by atoms with Crippen molar-refractivity contribution in [3.8, 4) is 5.75 Å². The molecule has 0 unspecified atom stereocenters. The second-order valence-electron chi connectivity index (χ2n) is 4.27. The molecule has 0 spiro atoms. The second kappa shape index (κ2) is 5.87. The highest BCUT2D eigenvalue weighted by Crippen LogP contribution is 2.30. The fourth-order valence-electron chi connectivity index (χ4n) is 1.76. The van der Waals surface area contributed by atoms with Crippen LogP contribution >= 0.6 is 11.8 Å². The van der Waals surface area contributed by atoms with Crippen molar-refractivity contribution in [3.63, 3.8) is 0 Å². The Morgan fingerprint density at radius 1 is 1.42 bits per heavy atom. The van der Waals surface area contributed by atoms with Gasteiger partial charge in [0.25, 0.3) is 0 Å². The van der Waals surface area contributed by atoms with Crippen LogP contribution in [0.1, 0.15) is 17.4 Å². The van der Waals surface area contributed by atoms with Crippen LogP contribution in [0.5, 0.6) is 5.75 Å². The first-order valence-corrected chi connectivity index (χ1v) is 6.84. The van der Waals surface area contributed by atoms with Crippen molar-refractivity contribution < 1.29 is 24.9 Å². The summed E-state index contributed by atoms with van der Waals surface area (Å²) in [4.78, 5) is 15.3. The number of aromatic nitrogens is 1. The average molecular weight is 285 g/mol. The first-order valence-electron chi connectivity index (χ1n) is 5.79. The van der Waals surface area contributed by atoms with Gasteiger partial charge >= 0.3 is 0 Å². The van der Waals surface area contributed by atoms with Crippen molar-refractivity contribution in [1.82, 2.24) is 4.98 Å². The van der Waals surface area contributed by atoms with Gasteiger partial charge in [0, 0.05) is 18.9 Å². The fraction of sp³-hybridized carbons (Fsp3) is 0.500. The molecule has 1 fully saturated rings. The molecule has 4 atom stereocenters. The monoisotopic (exact) mass is 285 g/mol. The molecule has 0 aromatic carbocycles. The molecule has 1 saturated heterocycles. The summed E-state index contributed by atoms with van der Waals surface area (Å²) in [5.41, 5.74) is -0.573. The molecular formula is C12H15NO5S. The largest absolute Gasteiger partial charge is 0.475 e. The Morgan fingerprint density at radius 3 is 2.84 bits per heavy atom. The molecule has 3 N–H and O–H groups in total. The smallest absolute Gasteiger partial charge is 0.181 e. The van der Waals surface area contributed by atoms with E-state index in [1.165, 1.54) is 24.9 Å². The van der Waals surface area contributed by atoms with Crippen molar-refractivity contribution in [2.24, 2.45) is 0 Å². The van der Waals surface area contributed by atoms with Gasteiger partial charge in [0.05, 0.1) is 6.10 Å². The number of ether oxygens (including phenoxy) is 1. The van der Waals surface area contributed by atoms with Crippen LogP contribution in [0.4, 0.5) is 0 Å². The molecule has 1 aliphatic heterocycles. The molecule has 0 amide bonds. The van der Waals surface area contributed by atoms with Gasteiger partial charge in [0.15, 0.2) is 11.2 Å². The molecule has 0 aliphatic carbocycles. The van der Waals surface area contributed by atoms with E-state index in [0.717, 1.165) is 0 Å². The third kappa shape index (κ3) is 3.06. The Bertz CT molecular complexity index is 469. The summed E-state index contributed by atoms with van der Waals surface area (Å²) in [7, 11) is 0. The van der Waals surface area contributed by atoms with E-state index in [1.807, 2.05) is 0 Å². The number of hydrogen-bond donors (Lipinski definition) is 3. The standard InChI is InChI=1S/C12H15NO5S/c1-6(14)9-8(3-2-4-13-9)18-12-11(17)10(16)7(15)5-19-12/h2-4,7,10-12,15-17H,5H2,1H3/t7-,10+,11-,12-/m1/s1. The third-order valence-electron chi connectivity index (χ3n) is 2.80. The second-order valence-corrected chi connectivity index (χ2v) is 5.41. The van der Waals surface area contributed by atoms with Crippen LogP contribution in [0.15, 0.2) is 18.3 Å². The van der Waals surface area contributed by atoms with Crippen LogP contribution in [0.25, 0.3) is 0 Å². The number of carbonyl (C=O) groups excluding carboxylic acids is 1. The number of rotatable bonds is 3. The van der Waals surface area contributed by atoms with Gasteiger partial charge in [-0.1, -0.05) is 0 Å². The Balaban J connectivity index is 2.15. The van der Waals surface area contributed by atoms with E-state index in [1.54, 1.807) is 12.1 Å². The highest BCUT2D eigenvalue weighted by molar-refractivity contribution is 7.99. The van der Waals surface area contributed by atoms with E-state index in [0.29, 0.717) is 0 Å². The van der Waals surface area contributed by atoms with Crippen LogP contribution in [-0.2, 0) is 0 Å². The van der Waals surface area contributed by atoms with Gasteiger partial charge in [-0.25, -0.2) is 4.98 Å². The molecule has 1 aliphatic rings. The minimum atomic E-state index is -1.26. The van der Waals surface area contributed by atoms with Crippen LogP contribution in [0, 0.1) is 0 Å². The number of aliphatic hydroxyl groups is 3. The molecule has 19 heavy (non-hydrogen) atoms. The number of pyridine rings is 1. The Labute approximate surface area is 114 Å². The maximum Gasteiger partial charge on any atom is 0.181 e. The maximum absolute atomic E-state index is 11.4. The molecule has 0 bridgehead atoms. The lowest BCUT2D eigenvalue weighted by Gasteiger charge is -2.34. The average Bonchev–Trinajstić information content (AvgIpc) is 2.40. The van der Waals surface area contributed by atoms with Crippen LogP contribution < -0.4 is 4.74 Å². The fourth-order valence-corrected chi connectivity index (χ4v) is 2.87. The lowest BCUT2D eigenvalue weighted by Crippen LogP contribution is -2.50. The summed E-state index contributed by atoms with van der Waals surface area (Å²) in [5.74, 6) is 0.264. The van der Waals surface area contributed by atoms with Gasteiger partial charge in [0.1, 0.15) is 23.7 Å². The van der Waals surface area contributed by atoms with Gasteiger partial charge in [-0.2, -0.15) is 0 Å². The van der Waals surface area contributed by atoms with E-state index < -0.39 is 23.7 Å². The van der Waals surface area contributed by atoms with E-state index in [-0.39, 0.29) is 23.0 Å². The molecule has 0 radical (unpaired) electrons. The van der Waals surface area contributed by atoms with Gasteiger partial charge in [-0.15, -0.1) is 11.8 Å². The predicted octanol–water partition coefficient (Wildman–Crippen LogP) is -0.181. The molecule has 1 aromatic rings. The summed E-state index contributed by atoms with van der Waals surface area (Å²) in [6.07, 6.45) is -1.99. The van der Waals surface area contributed by atoms with E-state index in [9.17, 15) is 20.1 Å².